The van der Waals surface area contributed by atoms with Crippen LogP contribution in [0.15, 0.2) is 24.3 Å². The summed E-state index contributed by atoms with van der Waals surface area (Å²) in [5, 5.41) is 6.02. The third-order valence-corrected chi connectivity index (χ3v) is 3.30. The molecule has 0 saturated carbocycles. The van der Waals surface area contributed by atoms with Gasteiger partial charge in [-0.1, -0.05) is 0 Å². The van der Waals surface area contributed by atoms with Gasteiger partial charge in [0.1, 0.15) is 5.75 Å². The Bertz CT molecular complexity index is 431. The van der Waals surface area contributed by atoms with Crippen LogP contribution in [0.25, 0.3) is 0 Å². The standard InChI is InChI=1S/C14H18F2N2O2/c15-14(16)20-12-3-1-11(2-4-12)18-13(19)9-10-5-7-17-8-6-10/h1-4,10,14,17H,5-9H2,(H,18,19). The Morgan fingerprint density at radius 1 is 1.30 bits per heavy atom. The van der Waals surface area contributed by atoms with Gasteiger partial charge in [0.2, 0.25) is 5.91 Å². The average Bonchev–Trinajstić information content (AvgIpc) is 2.41. The summed E-state index contributed by atoms with van der Waals surface area (Å²) in [7, 11) is 0. The number of carbonyl (C=O) groups excluding carboxylic acids is 1. The van der Waals surface area contributed by atoms with Crippen LogP contribution in [0.1, 0.15) is 19.3 Å². The van der Waals surface area contributed by atoms with Gasteiger partial charge in [0.15, 0.2) is 0 Å². The van der Waals surface area contributed by atoms with Gasteiger partial charge in [-0.25, -0.2) is 0 Å². The van der Waals surface area contributed by atoms with E-state index >= 15 is 0 Å². The zero-order chi connectivity index (χ0) is 14.4. The van der Waals surface area contributed by atoms with E-state index in [1.807, 2.05) is 0 Å². The Morgan fingerprint density at radius 2 is 1.95 bits per heavy atom. The molecule has 1 aromatic rings. The van der Waals surface area contributed by atoms with Crippen molar-refractivity contribution in [3.8, 4) is 5.75 Å². The van der Waals surface area contributed by atoms with Crippen LogP contribution in [0.3, 0.4) is 0 Å². The predicted molar refractivity (Wildman–Crippen MR) is 71.9 cm³/mol. The summed E-state index contributed by atoms with van der Waals surface area (Å²) in [4.78, 5) is 11.9. The number of benzene rings is 1. The van der Waals surface area contributed by atoms with E-state index in [0.29, 0.717) is 18.0 Å². The first-order valence-electron chi connectivity index (χ1n) is 6.69. The number of ether oxygens (including phenoxy) is 1. The minimum atomic E-state index is -2.84. The van der Waals surface area contributed by atoms with Crippen molar-refractivity contribution in [3.63, 3.8) is 0 Å². The monoisotopic (exact) mass is 284 g/mol. The van der Waals surface area contributed by atoms with Gasteiger partial charge >= 0.3 is 6.61 Å². The van der Waals surface area contributed by atoms with Crippen LogP contribution in [0.2, 0.25) is 0 Å². The topological polar surface area (TPSA) is 50.4 Å². The largest absolute Gasteiger partial charge is 0.435 e. The van der Waals surface area contributed by atoms with Crippen molar-refractivity contribution >= 4 is 11.6 Å². The lowest BCUT2D eigenvalue weighted by Gasteiger charge is -2.21. The summed E-state index contributed by atoms with van der Waals surface area (Å²) in [6.45, 7) is -0.926. The minimum Gasteiger partial charge on any atom is -0.435 e. The molecule has 0 aromatic heterocycles. The molecule has 1 heterocycles. The van der Waals surface area contributed by atoms with Crippen LogP contribution in [0.5, 0.6) is 5.75 Å². The Morgan fingerprint density at radius 3 is 2.55 bits per heavy atom. The molecule has 2 N–H and O–H groups in total. The maximum atomic E-state index is 12.0. The fourth-order valence-corrected chi connectivity index (χ4v) is 2.28. The Balaban J connectivity index is 1.81. The van der Waals surface area contributed by atoms with Crippen LogP contribution in [0.4, 0.5) is 14.5 Å². The molecule has 0 radical (unpaired) electrons. The predicted octanol–water partition coefficient (Wildman–Crippen LogP) is 2.62. The first-order chi connectivity index (χ1) is 9.63. The van der Waals surface area contributed by atoms with Crippen molar-refractivity contribution in [2.24, 2.45) is 5.92 Å². The molecule has 2 rings (SSSR count). The van der Waals surface area contributed by atoms with Gasteiger partial charge in [-0.2, -0.15) is 8.78 Å². The number of piperidine rings is 1. The molecule has 1 saturated heterocycles. The summed E-state index contributed by atoms with van der Waals surface area (Å²) in [6, 6.07) is 5.93. The van der Waals surface area contributed by atoms with Gasteiger partial charge in [-0.15, -0.1) is 0 Å². The summed E-state index contributed by atoms with van der Waals surface area (Å²) in [5.41, 5.74) is 0.588. The third kappa shape index (κ3) is 4.77. The molecule has 0 spiro atoms. The van der Waals surface area contributed by atoms with Crippen LogP contribution in [0, 0.1) is 5.92 Å². The van der Waals surface area contributed by atoms with Gasteiger partial charge in [0, 0.05) is 12.1 Å². The molecule has 1 fully saturated rings. The summed E-state index contributed by atoms with van der Waals surface area (Å²) >= 11 is 0. The summed E-state index contributed by atoms with van der Waals surface area (Å²) < 4.78 is 28.2. The fraction of sp³-hybridized carbons (Fsp3) is 0.500. The second-order valence-electron chi connectivity index (χ2n) is 4.85. The van der Waals surface area contributed by atoms with Crippen molar-refractivity contribution in [3.05, 3.63) is 24.3 Å². The van der Waals surface area contributed by atoms with E-state index in [2.05, 4.69) is 15.4 Å². The smallest absolute Gasteiger partial charge is 0.387 e. The molecule has 6 heteroatoms. The number of carbonyl (C=O) groups is 1. The highest BCUT2D eigenvalue weighted by Crippen LogP contribution is 2.20. The van der Waals surface area contributed by atoms with Crippen molar-refractivity contribution in [1.82, 2.24) is 5.32 Å². The van der Waals surface area contributed by atoms with Crippen molar-refractivity contribution in [2.75, 3.05) is 18.4 Å². The normalized spacial score (nSPS) is 16.1. The molecule has 1 aliphatic rings. The van der Waals surface area contributed by atoms with Gasteiger partial charge in [-0.05, 0) is 56.1 Å². The number of rotatable bonds is 5. The first kappa shape index (κ1) is 14.7. The molecule has 110 valence electrons. The lowest BCUT2D eigenvalue weighted by molar-refractivity contribution is -0.117. The third-order valence-electron chi connectivity index (χ3n) is 3.30. The number of anilines is 1. The molecule has 1 aromatic carbocycles. The highest BCUT2D eigenvalue weighted by molar-refractivity contribution is 5.90. The highest BCUT2D eigenvalue weighted by atomic mass is 19.3. The highest BCUT2D eigenvalue weighted by Gasteiger charge is 2.16. The molecule has 1 amide bonds. The lowest BCUT2D eigenvalue weighted by atomic mass is 9.94. The number of nitrogens with one attached hydrogen (secondary N) is 2. The lowest BCUT2D eigenvalue weighted by Crippen LogP contribution is -2.30. The molecule has 0 unspecified atom stereocenters. The molecule has 1 aliphatic heterocycles. The molecule has 0 aliphatic carbocycles. The van der Waals surface area contributed by atoms with Gasteiger partial charge in [-0.3, -0.25) is 4.79 Å². The van der Waals surface area contributed by atoms with E-state index in [-0.39, 0.29) is 11.7 Å². The SMILES string of the molecule is O=C(CC1CCNCC1)Nc1ccc(OC(F)F)cc1. The summed E-state index contributed by atoms with van der Waals surface area (Å²) in [5.74, 6) is 0.452. The molecule has 0 atom stereocenters. The van der Waals surface area contributed by atoms with E-state index in [4.69, 9.17) is 0 Å². The van der Waals surface area contributed by atoms with Crippen molar-refractivity contribution < 1.29 is 18.3 Å². The van der Waals surface area contributed by atoms with E-state index in [0.717, 1.165) is 25.9 Å². The maximum absolute atomic E-state index is 12.0. The van der Waals surface area contributed by atoms with Gasteiger partial charge < -0.3 is 15.4 Å². The number of hydrogen-bond acceptors (Lipinski definition) is 3. The van der Waals surface area contributed by atoms with Crippen LogP contribution in [-0.2, 0) is 4.79 Å². The quantitative estimate of drug-likeness (QED) is 0.874. The maximum Gasteiger partial charge on any atom is 0.387 e. The van der Waals surface area contributed by atoms with E-state index in [9.17, 15) is 13.6 Å². The molecule has 4 nitrogen and oxygen atoms in total. The van der Waals surface area contributed by atoms with Gasteiger partial charge in [0.05, 0.1) is 0 Å². The number of hydrogen-bond donors (Lipinski definition) is 2. The molecule has 0 bridgehead atoms. The van der Waals surface area contributed by atoms with Crippen LogP contribution in [-0.4, -0.2) is 25.6 Å². The Kier molecular flexibility index (Phi) is 5.29. The molecule has 20 heavy (non-hydrogen) atoms. The summed E-state index contributed by atoms with van der Waals surface area (Å²) in [6.07, 6.45) is 2.51. The average molecular weight is 284 g/mol. The number of alkyl halides is 2. The van der Waals surface area contributed by atoms with Crippen LogP contribution >= 0.6 is 0 Å². The fourth-order valence-electron chi connectivity index (χ4n) is 2.28. The first-order valence-corrected chi connectivity index (χ1v) is 6.69. The number of halogens is 2. The second-order valence-corrected chi connectivity index (χ2v) is 4.85. The zero-order valence-corrected chi connectivity index (χ0v) is 11.1. The van der Waals surface area contributed by atoms with E-state index in [1.165, 1.54) is 12.1 Å². The minimum absolute atomic E-state index is 0.0422. The van der Waals surface area contributed by atoms with Crippen molar-refractivity contribution in [2.45, 2.75) is 25.9 Å². The second kappa shape index (κ2) is 7.19. The van der Waals surface area contributed by atoms with E-state index in [1.54, 1.807) is 12.1 Å². The molecular weight excluding hydrogens is 266 g/mol. The van der Waals surface area contributed by atoms with Gasteiger partial charge in [0.25, 0.3) is 0 Å². The van der Waals surface area contributed by atoms with Crippen molar-refractivity contribution in [1.29, 1.82) is 0 Å². The van der Waals surface area contributed by atoms with Crippen LogP contribution < -0.4 is 15.4 Å². The Labute approximate surface area is 116 Å². The Hall–Kier alpha value is -1.69. The van der Waals surface area contributed by atoms with E-state index < -0.39 is 6.61 Å². The zero-order valence-electron chi connectivity index (χ0n) is 11.1. The number of amides is 1. The molecular formula is C14H18F2N2O2.